The van der Waals surface area contributed by atoms with E-state index < -0.39 is 5.91 Å². The molecule has 0 saturated heterocycles. The van der Waals surface area contributed by atoms with Crippen molar-refractivity contribution < 1.29 is 9.53 Å². The third-order valence-corrected chi connectivity index (χ3v) is 2.85. The van der Waals surface area contributed by atoms with Gasteiger partial charge in [0.1, 0.15) is 12.4 Å². The average Bonchev–Trinajstić information content (AvgIpc) is 2.47. The van der Waals surface area contributed by atoms with Gasteiger partial charge in [0.2, 0.25) is 5.91 Å². The minimum absolute atomic E-state index is 0.222. The summed E-state index contributed by atoms with van der Waals surface area (Å²) in [7, 11) is 0. The van der Waals surface area contributed by atoms with Crippen LogP contribution in [0.3, 0.4) is 0 Å². The molecule has 0 fully saturated rings. The number of carbonyl (C=O) groups is 1. The fraction of sp³-hybridized carbons (Fsp3) is 0.0714. The van der Waals surface area contributed by atoms with E-state index in [-0.39, 0.29) is 5.56 Å². The molecule has 20 heavy (non-hydrogen) atoms. The van der Waals surface area contributed by atoms with Gasteiger partial charge in [0, 0.05) is 10.5 Å². The Morgan fingerprint density at radius 1 is 1.25 bits per heavy atom. The van der Waals surface area contributed by atoms with Gasteiger partial charge in [-0.25, -0.2) is 0 Å². The Labute approximate surface area is 120 Å². The van der Waals surface area contributed by atoms with Gasteiger partial charge < -0.3 is 4.74 Å². The van der Waals surface area contributed by atoms with Crippen LogP contribution in [-0.4, -0.2) is 5.91 Å². The Balaban J connectivity index is 2.10. The zero-order valence-electron chi connectivity index (χ0n) is 10.4. The lowest BCUT2D eigenvalue weighted by molar-refractivity contribution is 0.100. The minimum Gasteiger partial charge on any atom is -0.487 e. The van der Waals surface area contributed by atoms with Crippen LogP contribution in [-0.2, 0) is 6.61 Å². The molecule has 100 valence electrons. The second-order valence-corrected chi connectivity index (χ2v) is 4.32. The molecule has 0 bridgehead atoms. The SMILES string of the molecule is [N-]=[N+]=NC(=O)c1ccc(OCc2ccccc2)c(Cl)c1. The number of ether oxygens (including phenoxy) is 1. The average molecular weight is 288 g/mol. The zero-order chi connectivity index (χ0) is 14.4. The van der Waals surface area contributed by atoms with E-state index in [0.29, 0.717) is 17.4 Å². The lowest BCUT2D eigenvalue weighted by Gasteiger charge is -2.08. The Morgan fingerprint density at radius 2 is 2.00 bits per heavy atom. The predicted octanol–water partition coefficient (Wildman–Crippen LogP) is 4.37. The second kappa shape index (κ2) is 6.61. The van der Waals surface area contributed by atoms with E-state index in [0.717, 1.165) is 5.56 Å². The maximum atomic E-state index is 11.4. The van der Waals surface area contributed by atoms with Crippen molar-refractivity contribution in [3.8, 4) is 5.75 Å². The van der Waals surface area contributed by atoms with Crippen molar-refractivity contribution in [3.05, 3.63) is 75.1 Å². The van der Waals surface area contributed by atoms with Gasteiger partial charge in [0.15, 0.2) is 0 Å². The summed E-state index contributed by atoms with van der Waals surface area (Å²) in [5.74, 6) is -0.211. The largest absolute Gasteiger partial charge is 0.487 e. The first-order chi connectivity index (χ1) is 9.70. The summed E-state index contributed by atoms with van der Waals surface area (Å²) in [6.45, 7) is 0.379. The number of hydrogen-bond acceptors (Lipinski definition) is 2. The second-order valence-electron chi connectivity index (χ2n) is 3.91. The van der Waals surface area contributed by atoms with Gasteiger partial charge in [-0.3, -0.25) is 4.79 Å². The third kappa shape index (κ3) is 3.51. The highest BCUT2D eigenvalue weighted by molar-refractivity contribution is 6.32. The predicted molar refractivity (Wildman–Crippen MR) is 75.7 cm³/mol. The lowest BCUT2D eigenvalue weighted by Crippen LogP contribution is -1.98. The van der Waals surface area contributed by atoms with Gasteiger partial charge in [-0.05, 0) is 34.4 Å². The number of halogens is 1. The number of carbonyl (C=O) groups excluding carboxylic acids is 1. The van der Waals surface area contributed by atoms with Crippen molar-refractivity contribution in [1.82, 2.24) is 0 Å². The highest BCUT2D eigenvalue weighted by atomic mass is 35.5. The zero-order valence-corrected chi connectivity index (χ0v) is 11.1. The molecule has 6 heteroatoms. The van der Waals surface area contributed by atoms with Crippen molar-refractivity contribution in [2.24, 2.45) is 5.11 Å². The van der Waals surface area contributed by atoms with E-state index in [1.54, 1.807) is 6.07 Å². The normalized spacial score (nSPS) is 9.65. The molecule has 1 amide bonds. The number of hydrogen-bond donors (Lipinski definition) is 0. The molecule has 0 aliphatic rings. The van der Waals surface area contributed by atoms with Crippen molar-refractivity contribution >= 4 is 17.5 Å². The molecule has 0 spiro atoms. The summed E-state index contributed by atoms with van der Waals surface area (Å²) in [5, 5.41) is 3.29. The lowest BCUT2D eigenvalue weighted by atomic mass is 10.2. The Morgan fingerprint density at radius 3 is 2.65 bits per heavy atom. The fourth-order valence-electron chi connectivity index (χ4n) is 1.58. The van der Waals surface area contributed by atoms with Crippen LogP contribution < -0.4 is 4.74 Å². The number of rotatable bonds is 4. The fourth-order valence-corrected chi connectivity index (χ4v) is 1.82. The first-order valence-electron chi connectivity index (χ1n) is 5.76. The molecule has 0 unspecified atom stereocenters. The van der Waals surface area contributed by atoms with E-state index in [4.69, 9.17) is 21.9 Å². The van der Waals surface area contributed by atoms with Gasteiger partial charge >= 0.3 is 0 Å². The number of nitrogens with zero attached hydrogens (tertiary/aromatic N) is 3. The Hall–Kier alpha value is -2.49. The molecule has 2 aromatic carbocycles. The maximum absolute atomic E-state index is 11.4. The summed E-state index contributed by atoms with van der Waals surface area (Å²) in [6.07, 6.45) is 0. The smallest absolute Gasteiger partial charge is 0.249 e. The summed E-state index contributed by atoms with van der Waals surface area (Å²) in [4.78, 5) is 13.8. The molecule has 0 N–H and O–H groups in total. The molecule has 0 radical (unpaired) electrons. The van der Waals surface area contributed by atoms with Crippen LogP contribution in [0, 0.1) is 0 Å². The van der Waals surface area contributed by atoms with E-state index in [1.807, 2.05) is 30.3 Å². The molecular formula is C14H10ClN3O2. The quantitative estimate of drug-likeness (QED) is 0.475. The molecule has 0 aliphatic heterocycles. The van der Waals surface area contributed by atoms with Crippen LogP contribution in [0.5, 0.6) is 5.75 Å². The molecule has 0 atom stereocenters. The molecule has 0 aromatic heterocycles. The summed E-state index contributed by atoms with van der Waals surface area (Å²) < 4.78 is 5.57. The summed E-state index contributed by atoms with van der Waals surface area (Å²) in [5.41, 5.74) is 9.45. The van der Waals surface area contributed by atoms with Crippen LogP contribution in [0.2, 0.25) is 5.02 Å². The standard InChI is InChI=1S/C14H10ClN3O2/c15-12-8-11(14(19)17-18-16)6-7-13(12)20-9-10-4-2-1-3-5-10/h1-8H,9H2. The van der Waals surface area contributed by atoms with Crippen LogP contribution in [0.4, 0.5) is 0 Å². The number of azide groups is 1. The minimum atomic E-state index is -0.677. The van der Waals surface area contributed by atoms with Crippen LogP contribution in [0.1, 0.15) is 15.9 Å². The molecule has 2 rings (SSSR count). The third-order valence-electron chi connectivity index (χ3n) is 2.55. The summed E-state index contributed by atoms with van der Waals surface area (Å²) >= 11 is 6.03. The van der Waals surface area contributed by atoms with E-state index >= 15 is 0 Å². The van der Waals surface area contributed by atoms with Crippen molar-refractivity contribution in [2.45, 2.75) is 6.61 Å². The maximum Gasteiger partial charge on any atom is 0.249 e. The number of amides is 1. The van der Waals surface area contributed by atoms with Gasteiger partial charge in [-0.15, -0.1) is 0 Å². The molecule has 0 aliphatic carbocycles. The van der Waals surface area contributed by atoms with Gasteiger partial charge in [0.25, 0.3) is 0 Å². The molecule has 0 heterocycles. The van der Waals surface area contributed by atoms with E-state index in [9.17, 15) is 4.79 Å². The topological polar surface area (TPSA) is 75.1 Å². The van der Waals surface area contributed by atoms with Crippen LogP contribution in [0.15, 0.2) is 53.6 Å². The van der Waals surface area contributed by atoms with Crippen LogP contribution >= 0.6 is 11.6 Å². The van der Waals surface area contributed by atoms with Crippen LogP contribution in [0.25, 0.3) is 10.4 Å². The van der Waals surface area contributed by atoms with Gasteiger partial charge in [-0.1, -0.05) is 41.9 Å². The highest BCUT2D eigenvalue weighted by Gasteiger charge is 2.08. The van der Waals surface area contributed by atoms with E-state index in [1.165, 1.54) is 12.1 Å². The van der Waals surface area contributed by atoms with Gasteiger partial charge in [0.05, 0.1) is 5.02 Å². The van der Waals surface area contributed by atoms with E-state index in [2.05, 4.69) is 10.0 Å². The summed E-state index contributed by atoms with van der Waals surface area (Å²) in [6, 6.07) is 14.1. The van der Waals surface area contributed by atoms with Gasteiger partial charge in [-0.2, -0.15) is 0 Å². The highest BCUT2D eigenvalue weighted by Crippen LogP contribution is 2.26. The molecule has 0 saturated carbocycles. The van der Waals surface area contributed by atoms with Crippen molar-refractivity contribution in [2.75, 3.05) is 0 Å². The molecule has 5 nitrogen and oxygen atoms in total. The monoisotopic (exact) mass is 287 g/mol. The first kappa shape index (κ1) is 13.9. The Kier molecular flexibility index (Phi) is 4.60. The Bertz CT molecular complexity index is 667. The first-order valence-corrected chi connectivity index (χ1v) is 6.14. The van der Waals surface area contributed by atoms with Crippen molar-refractivity contribution in [1.29, 1.82) is 0 Å². The number of benzene rings is 2. The van der Waals surface area contributed by atoms with Crippen molar-refractivity contribution in [3.63, 3.8) is 0 Å². The molecule has 2 aromatic rings. The molecular weight excluding hydrogens is 278 g/mol.